The number of benzene rings is 1. The van der Waals surface area contributed by atoms with Crippen molar-refractivity contribution in [3.63, 3.8) is 0 Å². The summed E-state index contributed by atoms with van der Waals surface area (Å²) in [6.07, 6.45) is 0.157. The molecule has 2 unspecified atom stereocenters. The highest BCUT2D eigenvalue weighted by Gasteiger charge is 2.14. The zero-order valence-electron chi connectivity index (χ0n) is 6.97. The number of aldehydes is 1. The van der Waals surface area contributed by atoms with E-state index >= 15 is 0 Å². The number of carbonyl (C=O) groups is 1. The first-order valence-electron chi connectivity index (χ1n) is 3.94. The van der Waals surface area contributed by atoms with Crippen LogP contribution >= 0.6 is 0 Å². The van der Waals surface area contributed by atoms with E-state index in [0.717, 1.165) is 11.8 Å². The molecule has 2 nitrogen and oxygen atoms in total. The Bertz CT molecular complexity index is 241. The van der Waals surface area contributed by atoms with E-state index in [4.69, 9.17) is 0 Å². The van der Waals surface area contributed by atoms with Gasteiger partial charge in [0, 0.05) is 0 Å². The van der Waals surface area contributed by atoms with Gasteiger partial charge in [0.1, 0.15) is 6.29 Å². The van der Waals surface area contributed by atoms with Gasteiger partial charge in [-0.15, -0.1) is 0 Å². The van der Waals surface area contributed by atoms with E-state index in [0.29, 0.717) is 0 Å². The van der Waals surface area contributed by atoms with E-state index in [9.17, 15) is 9.90 Å². The Morgan fingerprint density at radius 2 is 1.92 bits per heavy atom. The van der Waals surface area contributed by atoms with E-state index < -0.39 is 12.0 Å². The number of carbonyl (C=O) groups excluding carboxylic acids is 1. The molecule has 0 saturated carbocycles. The van der Waals surface area contributed by atoms with Crippen LogP contribution in [0.15, 0.2) is 30.3 Å². The Hall–Kier alpha value is -1.15. The van der Waals surface area contributed by atoms with Crippen molar-refractivity contribution in [1.29, 1.82) is 0 Å². The molecular weight excluding hydrogens is 152 g/mol. The maximum absolute atomic E-state index is 10.6. The average Bonchev–Trinajstić information content (AvgIpc) is 2.07. The van der Waals surface area contributed by atoms with Gasteiger partial charge >= 0.3 is 0 Å². The quantitative estimate of drug-likeness (QED) is 0.685. The molecule has 1 N–H and O–H groups in total. The zero-order chi connectivity index (χ0) is 8.97. The first-order chi connectivity index (χ1) is 5.75. The monoisotopic (exact) mass is 164 g/mol. The molecule has 0 aliphatic rings. The van der Waals surface area contributed by atoms with Gasteiger partial charge in [-0.3, -0.25) is 0 Å². The van der Waals surface area contributed by atoms with E-state index in [2.05, 4.69) is 0 Å². The van der Waals surface area contributed by atoms with Gasteiger partial charge in [-0.05, 0) is 12.5 Å². The van der Waals surface area contributed by atoms with Crippen molar-refractivity contribution in [3.8, 4) is 0 Å². The van der Waals surface area contributed by atoms with Gasteiger partial charge in [0.2, 0.25) is 0 Å². The minimum absolute atomic E-state index is 0.397. The summed E-state index contributed by atoms with van der Waals surface area (Å²) in [5.41, 5.74) is 0.863. The molecule has 12 heavy (non-hydrogen) atoms. The van der Waals surface area contributed by atoms with Gasteiger partial charge in [-0.2, -0.15) is 0 Å². The summed E-state index contributed by atoms with van der Waals surface area (Å²) in [5.74, 6) is -0.397. The summed E-state index contributed by atoms with van der Waals surface area (Å²) < 4.78 is 0. The van der Waals surface area contributed by atoms with Crippen molar-refractivity contribution in [2.45, 2.75) is 18.9 Å². The topological polar surface area (TPSA) is 37.3 Å². The first-order valence-corrected chi connectivity index (χ1v) is 3.94. The summed E-state index contributed by atoms with van der Waals surface area (Å²) in [6, 6.07) is 9.27. The normalized spacial score (nSPS) is 15.2. The van der Waals surface area contributed by atoms with Crippen LogP contribution in [0.4, 0.5) is 0 Å². The van der Waals surface area contributed by atoms with E-state index in [1.54, 1.807) is 6.92 Å². The smallest absolute Gasteiger partial charge is 0.130 e. The molecule has 0 fully saturated rings. The van der Waals surface area contributed by atoms with Crippen molar-refractivity contribution in [1.82, 2.24) is 0 Å². The van der Waals surface area contributed by atoms with Gasteiger partial charge in [0.25, 0.3) is 0 Å². The third-order valence-corrected chi connectivity index (χ3v) is 1.85. The molecule has 64 valence electrons. The van der Waals surface area contributed by atoms with Crippen LogP contribution in [-0.2, 0) is 4.79 Å². The van der Waals surface area contributed by atoms with Crippen LogP contribution in [0.1, 0.15) is 18.4 Å². The molecule has 0 bridgehead atoms. The van der Waals surface area contributed by atoms with E-state index in [1.165, 1.54) is 0 Å². The Balaban J connectivity index is 2.88. The summed E-state index contributed by atoms with van der Waals surface area (Å²) in [4.78, 5) is 10.6. The lowest BCUT2D eigenvalue weighted by Crippen LogP contribution is -2.15. The predicted octanol–water partition coefficient (Wildman–Crippen LogP) is 1.35. The molecule has 2 heteroatoms. The molecule has 1 aromatic rings. The van der Waals surface area contributed by atoms with Crippen LogP contribution in [0.25, 0.3) is 0 Å². The molecule has 0 aliphatic carbocycles. The van der Waals surface area contributed by atoms with Crippen LogP contribution in [0.5, 0.6) is 0 Å². The Morgan fingerprint density at radius 1 is 1.33 bits per heavy atom. The molecular formula is C10H12O2. The van der Waals surface area contributed by atoms with Gasteiger partial charge in [0.05, 0.1) is 12.0 Å². The van der Waals surface area contributed by atoms with Gasteiger partial charge in [-0.25, -0.2) is 0 Å². The van der Waals surface area contributed by atoms with Crippen LogP contribution in [-0.4, -0.2) is 17.5 Å². The second kappa shape index (κ2) is 4.02. The third-order valence-electron chi connectivity index (χ3n) is 1.85. The highest BCUT2D eigenvalue weighted by atomic mass is 16.3. The van der Waals surface area contributed by atoms with Gasteiger partial charge in [-0.1, -0.05) is 30.3 Å². The standard InChI is InChI=1S/C10H12O2/c1-8(12)10(7-11)9-5-3-2-4-6-9/h2-8,10,12H,1H3. The lowest BCUT2D eigenvalue weighted by Gasteiger charge is -2.12. The third kappa shape index (κ3) is 1.92. The largest absolute Gasteiger partial charge is 0.392 e. The lowest BCUT2D eigenvalue weighted by molar-refractivity contribution is -0.111. The van der Waals surface area contributed by atoms with E-state index in [1.807, 2.05) is 30.3 Å². The fourth-order valence-corrected chi connectivity index (χ4v) is 1.15. The SMILES string of the molecule is CC(O)C(C=O)c1ccccc1. The number of aliphatic hydroxyl groups excluding tert-OH is 1. The van der Waals surface area contributed by atoms with Crippen LogP contribution in [0, 0.1) is 0 Å². The van der Waals surface area contributed by atoms with Crippen molar-refractivity contribution < 1.29 is 9.90 Å². The van der Waals surface area contributed by atoms with Crippen molar-refractivity contribution in [3.05, 3.63) is 35.9 Å². The first kappa shape index (κ1) is 8.94. The molecule has 0 aromatic heterocycles. The number of aliphatic hydroxyl groups is 1. The number of rotatable bonds is 3. The lowest BCUT2D eigenvalue weighted by atomic mass is 9.96. The highest BCUT2D eigenvalue weighted by molar-refractivity contribution is 5.62. The molecule has 0 radical (unpaired) electrons. The fourth-order valence-electron chi connectivity index (χ4n) is 1.15. The Kier molecular flexibility index (Phi) is 3.00. The van der Waals surface area contributed by atoms with Crippen LogP contribution < -0.4 is 0 Å². The summed E-state index contributed by atoms with van der Waals surface area (Å²) >= 11 is 0. The second-order valence-electron chi connectivity index (χ2n) is 2.81. The maximum Gasteiger partial charge on any atom is 0.130 e. The second-order valence-corrected chi connectivity index (χ2v) is 2.81. The Labute approximate surface area is 71.8 Å². The molecule has 2 atom stereocenters. The molecule has 0 aliphatic heterocycles. The van der Waals surface area contributed by atoms with Crippen molar-refractivity contribution in [2.75, 3.05) is 0 Å². The van der Waals surface area contributed by atoms with Gasteiger partial charge < -0.3 is 9.90 Å². The number of hydrogen-bond donors (Lipinski definition) is 1. The highest BCUT2D eigenvalue weighted by Crippen LogP contribution is 2.16. The predicted molar refractivity (Wildman–Crippen MR) is 46.9 cm³/mol. The zero-order valence-corrected chi connectivity index (χ0v) is 6.97. The minimum atomic E-state index is -0.620. The van der Waals surface area contributed by atoms with Gasteiger partial charge in [0.15, 0.2) is 0 Å². The maximum atomic E-state index is 10.6. The van der Waals surface area contributed by atoms with E-state index in [-0.39, 0.29) is 0 Å². The molecule has 0 heterocycles. The number of hydrogen-bond acceptors (Lipinski definition) is 2. The summed E-state index contributed by atoms with van der Waals surface area (Å²) in [6.45, 7) is 1.62. The molecule has 0 saturated heterocycles. The van der Waals surface area contributed by atoms with Crippen molar-refractivity contribution >= 4 is 6.29 Å². The van der Waals surface area contributed by atoms with Crippen LogP contribution in [0.3, 0.4) is 0 Å². The molecule has 0 amide bonds. The molecule has 1 rings (SSSR count). The summed E-state index contributed by atoms with van der Waals surface area (Å²) in [5, 5.41) is 9.23. The summed E-state index contributed by atoms with van der Waals surface area (Å²) in [7, 11) is 0. The average molecular weight is 164 g/mol. The van der Waals surface area contributed by atoms with Crippen molar-refractivity contribution in [2.24, 2.45) is 0 Å². The van der Waals surface area contributed by atoms with Crippen LogP contribution in [0.2, 0.25) is 0 Å². The Morgan fingerprint density at radius 3 is 2.33 bits per heavy atom. The fraction of sp³-hybridized carbons (Fsp3) is 0.300. The molecule has 0 spiro atoms. The molecule has 1 aromatic carbocycles. The minimum Gasteiger partial charge on any atom is -0.392 e.